The van der Waals surface area contributed by atoms with Gasteiger partial charge in [-0.3, -0.25) is 14.2 Å². The molecule has 1 fully saturated rings. The highest BCUT2D eigenvalue weighted by atomic mass is 16.4. The van der Waals surface area contributed by atoms with E-state index in [1.807, 2.05) is 0 Å². The fourth-order valence-electron chi connectivity index (χ4n) is 2.00. The zero-order chi connectivity index (χ0) is 13.4. The van der Waals surface area contributed by atoms with Gasteiger partial charge in [-0.15, -0.1) is 5.10 Å². The van der Waals surface area contributed by atoms with Gasteiger partial charge in [0.25, 0.3) is 5.56 Å². The van der Waals surface area contributed by atoms with Crippen molar-refractivity contribution in [1.29, 1.82) is 0 Å². The van der Waals surface area contributed by atoms with Gasteiger partial charge in [-0.1, -0.05) is 0 Å². The summed E-state index contributed by atoms with van der Waals surface area (Å²) in [7, 11) is 2.87. The molecule has 8 heteroatoms. The molecule has 1 aliphatic rings. The largest absolute Gasteiger partial charge is 0.481 e. The SMILES string of the molecule is Cn1nc(N2CC(CC(=O)O)C2)c(=O)n(C)c1=O. The van der Waals surface area contributed by atoms with Crippen LogP contribution in [-0.2, 0) is 18.9 Å². The number of carboxylic acids is 1. The van der Waals surface area contributed by atoms with Crippen LogP contribution in [0, 0.1) is 5.92 Å². The number of rotatable bonds is 3. The summed E-state index contributed by atoms with van der Waals surface area (Å²) in [5, 5.41) is 12.6. The number of aliphatic carboxylic acids is 1. The van der Waals surface area contributed by atoms with E-state index in [0.29, 0.717) is 13.1 Å². The van der Waals surface area contributed by atoms with Crippen LogP contribution < -0.4 is 16.1 Å². The van der Waals surface area contributed by atoms with Gasteiger partial charge >= 0.3 is 11.7 Å². The zero-order valence-electron chi connectivity index (χ0n) is 10.2. The Morgan fingerprint density at radius 2 is 2.00 bits per heavy atom. The number of nitrogens with zero attached hydrogens (tertiary/aromatic N) is 4. The highest BCUT2D eigenvalue weighted by Gasteiger charge is 2.31. The fourth-order valence-corrected chi connectivity index (χ4v) is 2.00. The van der Waals surface area contributed by atoms with Gasteiger partial charge < -0.3 is 10.0 Å². The van der Waals surface area contributed by atoms with E-state index in [9.17, 15) is 14.4 Å². The van der Waals surface area contributed by atoms with Gasteiger partial charge in [-0.25, -0.2) is 9.48 Å². The number of carboxylic acid groups (broad SMARTS) is 1. The predicted octanol–water partition coefficient (Wildman–Crippen LogP) is -1.61. The van der Waals surface area contributed by atoms with E-state index < -0.39 is 17.2 Å². The summed E-state index contributed by atoms with van der Waals surface area (Å²) in [6, 6.07) is 0. The van der Waals surface area contributed by atoms with Crippen molar-refractivity contribution < 1.29 is 9.90 Å². The molecular weight excluding hydrogens is 240 g/mol. The summed E-state index contributed by atoms with van der Waals surface area (Å²) in [5.74, 6) is -0.617. The number of hydrogen-bond acceptors (Lipinski definition) is 5. The molecule has 0 saturated carbocycles. The van der Waals surface area contributed by atoms with E-state index in [1.165, 1.54) is 14.1 Å². The normalized spacial score (nSPS) is 15.6. The van der Waals surface area contributed by atoms with Crippen molar-refractivity contribution in [3.8, 4) is 0 Å². The first kappa shape index (κ1) is 12.3. The minimum atomic E-state index is -0.846. The molecular formula is C10H14N4O4. The first-order valence-corrected chi connectivity index (χ1v) is 5.51. The second-order valence-electron chi connectivity index (χ2n) is 4.46. The summed E-state index contributed by atoms with van der Waals surface area (Å²) in [6.07, 6.45) is 0.0859. The highest BCUT2D eigenvalue weighted by molar-refractivity contribution is 5.67. The smallest absolute Gasteiger partial charge is 0.346 e. The van der Waals surface area contributed by atoms with Crippen LogP contribution in [0.15, 0.2) is 9.59 Å². The second-order valence-corrected chi connectivity index (χ2v) is 4.46. The molecule has 0 aromatic carbocycles. The van der Waals surface area contributed by atoms with Crippen LogP contribution in [0.5, 0.6) is 0 Å². The molecule has 1 aromatic heterocycles. The first-order valence-electron chi connectivity index (χ1n) is 5.51. The van der Waals surface area contributed by atoms with Crippen LogP contribution in [0.2, 0.25) is 0 Å². The van der Waals surface area contributed by atoms with Crippen LogP contribution in [0.1, 0.15) is 6.42 Å². The van der Waals surface area contributed by atoms with Crippen molar-refractivity contribution in [2.75, 3.05) is 18.0 Å². The molecule has 0 radical (unpaired) electrons. The Bertz CT molecular complexity index is 597. The molecule has 0 spiro atoms. The molecule has 98 valence electrons. The van der Waals surface area contributed by atoms with Crippen molar-refractivity contribution >= 4 is 11.8 Å². The van der Waals surface area contributed by atoms with Crippen molar-refractivity contribution in [3.05, 3.63) is 20.8 Å². The van der Waals surface area contributed by atoms with Gasteiger partial charge in [0.2, 0.25) is 5.82 Å². The van der Waals surface area contributed by atoms with Crippen molar-refractivity contribution in [1.82, 2.24) is 14.3 Å². The van der Waals surface area contributed by atoms with E-state index in [0.717, 1.165) is 9.25 Å². The van der Waals surface area contributed by atoms with Gasteiger partial charge in [-0.2, -0.15) is 0 Å². The number of aryl methyl sites for hydroxylation is 1. The van der Waals surface area contributed by atoms with Crippen molar-refractivity contribution in [2.45, 2.75) is 6.42 Å². The summed E-state index contributed by atoms with van der Waals surface area (Å²) in [6.45, 7) is 0.958. The summed E-state index contributed by atoms with van der Waals surface area (Å²) >= 11 is 0. The number of aromatic nitrogens is 3. The summed E-state index contributed by atoms with van der Waals surface area (Å²) in [4.78, 5) is 35.5. The third-order valence-electron chi connectivity index (χ3n) is 3.02. The first-order chi connectivity index (χ1) is 8.40. The van der Waals surface area contributed by atoms with Crippen LogP contribution in [0.3, 0.4) is 0 Å². The summed E-state index contributed by atoms with van der Waals surface area (Å²) in [5.41, 5.74) is -0.932. The van der Waals surface area contributed by atoms with Gasteiger partial charge in [0.15, 0.2) is 0 Å². The minimum absolute atomic E-state index is 0.0336. The average molecular weight is 254 g/mol. The molecule has 1 aromatic rings. The summed E-state index contributed by atoms with van der Waals surface area (Å²) < 4.78 is 2.09. The molecule has 0 atom stereocenters. The molecule has 8 nitrogen and oxygen atoms in total. The number of anilines is 1. The number of carbonyl (C=O) groups is 1. The fraction of sp³-hybridized carbons (Fsp3) is 0.600. The Morgan fingerprint density at radius 3 is 2.56 bits per heavy atom. The Hall–Kier alpha value is -2.12. The molecule has 0 amide bonds. The highest BCUT2D eigenvalue weighted by Crippen LogP contribution is 2.21. The Kier molecular flexibility index (Phi) is 2.93. The molecule has 1 saturated heterocycles. The lowest BCUT2D eigenvalue weighted by Gasteiger charge is -2.38. The molecule has 1 N–H and O–H groups in total. The van der Waals surface area contributed by atoms with Crippen LogP contribution in [0.4, 0.5) is 5.82 Å². The quantitative estimate of drug-likeness (QED) is 0.697. The number of hydrogen-bond donors (Lipinski definition) is 1. The van der Waals surface area contributed by atoms with Gasteiger partial charge in [-0.05, 0) is 0 Å². The molecule has 2 rings (SSSR count). The maximum atomic E-state index is 11.8. The Morgan fingerprint density at radius 1 is 1.39 bits per heavy atom. The van der Waals surface area contributed by atoms with Crippen LogP contribution >= 0.6 is 0 Å². The lowest BCUT2D eigenvalue weighted by atomic mass is 9.97. The molecule has 2 heterocycles. The average Bonchev–Trinajstić information content (AvgIpc) is 2.25. The van der Waals surface area contributed by atoms with E-state index >= 15 is 0 Å². The lowest BCUT2D eigenvalue weighted by molar-refractivity contribution is -0.138. The minimum Gasteiger partial charge on any atom is -0.481 e. The Labute approximate surface area is 102 Å². The van der Waals surface area contributed by atoms with Gasteiger partial charge in [0.1, 0.15) is 0 Å². The topological polar surface area (TPSA) is 97.4 Å². The second kappa shape index (κ2) is 4.28. The third-order valence-corrected chi connectivity index (χ3v) is 3.02. The van der Waals surface area contributed by atoms with Crippen molar-refractivity contribution in [2.24, 2.45) is 20.0 Å². The van der Waals surface area contributed by atoms with Crippen LogP contribution in [0.25, 0.3) is 0 Å². The lowest BCUT2D eigenvalue weighted by Crippen LogP contribution is -2.52. The molecule has 1 aliphatic heterocycles. The standard InChI is InChI=1S/C10H14N4O4/c1-12-9(17)8(11-13(2)10(12)18)14-4-6(5-14)3-7(15)16/h6H,3-5H2,1-2H3,(H,15,16). The zero-order valence-corrected chi connectivity index (χ0v) is 10.2. The monoisotopic (exact) mass is 254 g/mol. The van der Waals surface area contributed by atoms with E-state index in [-0.39, 0.29) is 18.2 Å². The van der Waals surface area contributed by atoms with Crippen molar-refractivity contribution in [3.63, 3.8) is 0 Å². The molecule has 0 unspecified atom stereocenters. The van der Waals surface area contributed by atoms with E-state index in [4.69, 9.17) is 5.11 Å². The molecule has 0 bridgehead atoms. The van der Waals surface area contributed by atoms with Gasteiger partial charge in [0.05, 0.1) is 6.42 Å². The molecule has 18 heavy (non-hydrogen) atoms. The maximum Gasteiger partial charge on any atom is 0.346 e. The van der Waals surface area contributed by atoms with Crippen LogP contribution in [-0.4, -0.2) is 38.5 Å². The van der Waals surface area contributed by atoms with Gasteiger partial charge in [0, 0.05) is 33.1 Å². The predicted molar refractivity (Wildman–Crippen MR) is 62.7 cm³/mol. The van der Waals surface area contributed by atoms with E-state index in [2.05, 4.69) is 5.10 Å². The maximum absolute atomic E-state index is 11.8. The Balaban J connectivity index is 2.20. The molecule has 0 aliphatic carbocycles. The third kappa shape index (κ3) is 2.01. The van der Waals surface area contributed by atoms with E-state index in [1.54, 1.807) is 4.90 Å².